The Labute approximate surface area is 132 Å². The lowest BCUT2D eigenvalue weighted by Crippen LogP contribution is -2.37. The predicted octanol–water partition coefficient (Wildman–Crippen LogP) is 3.06. The first-order valence-electron chi connectivity index (χ1n) is 7.84. The molecule has 1 amide bonds. The topological polar surface area (TPSA) is 55.4 Å². The van der Waals surface area contributed by atoms with E-state index in [9.17, 15) is 9.59 Å². The van der Waals surface area contributed by atoms with Crippen molar-refractivity contribution in [2.75, 3.05) is 6.61 Å². The smallest absolute Gasteiger partial charge is 0.338 e. The van der Waals surface area contributed by atoms with Crippen LogP contribution in [0.4, 0.5) is 0 Å². The Morgan fingerprint density at radius 3 is 2.32 bits per heavy atom. The molecule has 4 nitrogen and oxygen atoms in total. The van der Waals surface area contributed by atoms with Crippen molar-refractivity contribution in [3.63, 3.8) is 0 Å². The second-order valence-electron chi connectivity index (χ2n) is 7.10. The minimum Gasteiger partial charge on any atom is -0.452 e. The van der Waals surface area contributed by atoms with E-state index in [0.717, 1.165) is 5.56 Å². The van der Waals surface area contributed by atoms with E-state index in [-0.39, 0.29) is 24.0 Å². The quantitative estimate of drug-likeness (QED) is 0.851. The van der Waals surface area contributed by atoms with Gasteiger partial charge in [0.1, 0.15) is 0 Å². The first-order valence-corrected chi connectivity index (χ1v) is 7.84. The second kappa shape index (κ2) is 6.51. The van der Waals surface area contributed by atoms with Crippen LogP contribution < -0.4 is 5.32 Å². The third kappa shape index (κ3) is 4.58. The summed E-state index contributed by atoms with van der Waals surface area (Å²) in [6.45, 7) is 8.11. The van der Waals surface area contributed by atoms with E-state index in [0.29, 0.717) is 11.5 Å². The largest absolute Gasteiger partial charge is 0.452 e. The van der Waals surface area contributed by atoms with E-state index >= 15 is 0 Å². The van der Waals surface area contributed by atoms with E-state index in [1.54, 1.807) is 12.1 Å². The minimum absolute atomic E-state index is 0.0429. The van der Waals surface area contributed by atoms with Gasteiger partial charge in [0.25, 0.3) is 5.91 Å². The van der Waals surface area contributed by atoms with E-state index in [1.165, 1.54) is 12.8 Å². The van der Waals surface area contributed by atoms with Gasteiger partial charge in [0.2, 0.25) is 0 Å². The highest BCUT2D eigenvalue weighted by molar-refractivity contribution is 5.91. The molecule has 0 radical (unpaired) electrons. The Hall–Kier alpha value is -1.84. The molecule has 22 heavy (non-hydrogen) atoms. The second-order valence-corrected chi connectivity index (χ2v) is 7.10. The molecule has 0 spiro atoms. The first-order chi connectivity index (χ1) is 10.3. The van der Waals surface area contributed by atoms with Crippen LogP contribution in [0.25, 0.3) is 0 Å². The molecule has 1 aromatic carbocycles. The van der Waals surface area contributed by atoms with Crippen LogP contribution in [-0.2, 0) is 14.9 Å². The van der Waals surface area contributed by atoms with Crippen LogP contribution in [0.1, 0.15) is 56.5 Å². The molecule has 0 heterocycles. The zero-order valence-electron chi connectivity index (χ0n) is 13.8. The number of benzene rings is 1. The molecule has 1 aliphatic carbocycles. The normalized spacial score (nSPS) is 16.0. The highest BCUT2D eigenvalue weighted by Crippen LogP contribution is 2.32. The van der Waals surface area contributed by atoms with Gasteiger partial charge < -0.3 is 10.1 Å². The van der Waals surface area contributed by atoms with Crippen molar-refractivity contribution in [3.05, 3.63) is 35.4 Å². The molecular formula is C18H25NO3. The van der Waals surface area contributed by atoms with Crippen molar-refractivity contribution in [1.82, 2.24) is 5.32 Å². The van der Waals surface area contributed by atoms with Crippen molar-refractivity contribution < 1.29 is 14.3 Å². The summed E-state index contributed by atoms with van der Waals surface area (Å²) in [6.07, 6.45) is 2.34. The lowest BCUT2D eigenvalue weighted by molar-refractivity contribution is -0.124. The van der Waals surface area contributed by atoms with Crippen LogP contribution in [0.2, 0.25) is 0 Å². The summed E-state index contributed by atoms with van der Waals surface area (Å²) in [4.78, 5) is 23.7. The Morgan fingerprint density at radius 2 is 1.82 bits per heavy atom. The van der Waals surface area contributed by atoms with Gasteiger partial charge in [0.15, 0.2) is 6.61 Å². The van der Waals surface area contributed by atoms with Gasteiger partial charge in [-0.05, 0) is 48.8 Å². The summed E-state index contributed by atoms with van der Waals surface area (Å²) in [5.74, 6) is -0.113. The van der Waals surface area contributed by atoms with E-state index in [4.69, 9.17) is 4.74 Å². The number of hydrogen-bond donors (Lipinski definition) is 1. The molecule has 1 aromatic rings. The highest BCUT2D eigenvalue weighted by atomic mass is 16.5. The minimum atomic E-state index is -0.463. The van der Waals surface area contributed by atoms with Crippen LogP contribution in [0.15, 0.2) is 24.3 Å². The van der Waals surface area contributed by atoms with Crippen molar-refractivity contribution >= 4 is 11.9 Å². The third-order valence-electron chi connectivity index (χ3n) is 4.04. The van der Waals surface area contributed by atoms with Crippen LogP contribution in [0, 0.1) is 5.92 Å². The zero-order chi connectivity index (χ0) is 16.3. The molecule has 2 rings (SSSR count). The number of ether oxygens (including phenoxy) is 1. The number of amides is 1. The van der Waals surface area contributed by atoms with Gasteiger partial charge >= 0.3 is 5.97 Å². The third-order valence-corrected chi connectivity index (χ3v) is 4.04. The maximum absolute atomic E-state index is 11.9. The average Bonchev–Trinajstić information content (AvgIpc) is 3.28. The number of rotatable bonds is 5. The lowest BCUT2D eigenvalue weighted by Gasteiger charge is -2.19. The van der Waals surface area contributed by atoms with Crippen molar-refractivity contribution in [1.29, 1.82) is 0 Å². The molecule has 120 valence electrons. The van der Waals surface area contributed by atoms with Gasteiger partial charge in [0.05, 0.1) is 5.56 Å². The van der Waals surface area contributed by atoms with Gasteiger partial charge in [-0.15, -0.1) is 0 Å². The van der Waals surface area contributed by atoms with Gasteiger partial charge in [-0.1, -0.05) is 32.9 Å². The molecule has 1 atom stereocenters. The maximum atomic E-state index is 11.9. The number of carbonyl (C=O) groups is 2. The summed E-state index contributed by atoms with van der Waals surface area (Å²) in [6, 6.07) is 7.50. The fourth-order valence-corrected chi connectivity index (χ4v) is 2.33. The van der Waals surface area contributed by atoms with Crippen molar-refractivity contribution in [3.8, 4) is 0 Å². The van der Waals surface area contributed by atoms with Gasteiger partial charge in [0, 0.05) is 6.04 Å². The Kier molecular flexibility index (Phi) is 4.89. The highest BCUT2D eigenvalue weighted by Gasteiger charge is 2.29. The number of nitrogens with one attached hydrogen (secondary N) is 1. The van der Waals surface area contributed by atoms with Crippen LogP contribution in [-0.4, -0.2) is 24.5 Å². The van der Waals surface area contributed by atoms with E-state index in [1.807, 2.05) is 19.1 Å². The molecule has 0 aromatic heterocycles. The van der Waals surface area contributed by atoms with Gasteiger partial charge in [-0.3, -0.25) is 4.79 Å². The van der Waals surface area contributed by atoms with Gasteiger partial charge in [-0.25, -0.2) is 4.79 Å². The Morgan fingerprint density at radius 1 is 1.23 bits per heavy atom. The van der Waals surface area contributed by atoms with Crippen molar-refractivity contribution in [2.24, 2.45) is 5.92 Å². The summed E-state index contributed by atoms with van der Waals surface area (Å²) < 4.78 is 5.07. The van der Waals surface area contributed by atoms with Crippen LogP contribution in [0.3, 0.4) is 0 Å². The molecule has 1 N–H and O–H groups in total. The summed E-state index contributed by atoms with van der Waals surface area (Å²) in [7, 11) is 0. The fourth-order valence-electron chi connectivity index (χ4n) is 2.33. The maximum Gasteiger partial charge on any atom is 0.338 e. The van der Waals surface area contributed by atoms with E-state index < -0.39 is 5.97 Å². The van der Waals surface area contributed by atoms with Crippen LogP contribution in [0.5, 0.6) is 0 Å². The summed E-state index contributed by atoms with van der Waals surface area (Å²) in [5.41, 5.74) is 1.66. The monoisotopic (exact) mass is 303 g/mol. The average molecular weight is 303 g/mol. The van der Waals surface area contributed by atoms with Gasteiger partial charge in [-0.2, -0.15) is 0 Å². The Balaban J connectivity index is 1.82. The SMILES string of the molecule is C[C@@H](NC(=O)COC(=O)c1ccc(C(C)(C)C)cc1)C1CC1. The number of hydrogen-bond acceptors (Lipinski definition) is 3. The molecule has 4 heteroatoms. The standard InChI is InChI=1S/C18H25NO3/c1-12(13-5-6-13)19-16(20)11-22-17(21)14-7-9-15(10-8-14)18(2,3)4/h7-10,12-13H,5-6,11H2,1-4H3,(H,19,20)/t12-/m1/s1. The molecule has 0 bridgehead atoms. The predicted molar refractivity (Wildman–Crippen MR) is 85.8 cm³/mol. The first kappa shape index (κ1) is 16.5. The lowest BCUT2D eigenvalue weighted by atomic mass is 9.87. The number of carbonyl (C=O) groups excluding carboxylic acids is 2. The number of esters is 1. The van der Waals surface area contributed by atoms with Crippen LogP contribution >= 0.6 is 0 Å². The molecule has 1 fully saturated rings. The van der Waals surface area contributed by atoms with Crippen molar-refractivity contribution in [2.45, 2.75) is 52.0 Å². The molecule has 0 saturated heterocycles. The molecular weight excluding hydrogens is 278 g/mol. The summed E-state index contributed by atoms with van der Waals surface area (Å²) >= 11 is 0. The Bertz CT molecular complexity index is 538. The fraction of sp³-hybridized carbons (Fsp3) is 0.556. The molecule has 0 unspecified atom stereocenters. The van der Waals surface area contributed by atoms with E-state index in [2.05, 4.69) is 26.1 Å². The molecule has 1 aliphatic rings. The summed E-state index contributed by atoms with van der Waals surface area (Å²) in [5, 5.41) is 2.86. The molecule has 1 saturated carbocycles. The zero-order valence-corrected chi connectivity index (χ0v) is 13.8. The molecule has 0 aliphatic heterocycles.